The zero-order valence-corrected chi connectivity index (χ0v) is 11.1. The number of hydrogen-bond donors (Lipinski definition) is 1. The summed E-state index contributed by atoms with van der Waals surface area (Å²) in [6.45, 7) is 2.67. The molecule has 0 amide bonds. The van der Waals surface area contributed by atoms with Gasteiger partial charge < -0.3 is 15.2 Å². The van der Waals surface area contributed by atoms with Crippen LogP contribution in [0.15, 0.2) is 17.0 Å². The zero-order chi connectivity index (χ0) is 12.1. The molecule has 16 heavy (non-hydrogen) atoms. The minimum Gasteiger partial charge on any atom is -0.496 e. The molecule has 0 saturated heterocycles. The van der Waals surface area contributed by atoms with Gasteiger partial charge in [0.15, 0.2) is 0 Å². The molecule has 2 N–H and O–H groups in total. The Morgan fingerprint density at radius 1 is 1.25 bits per heavy atom. The van der Waals surface area contributed by atoms with Crippen molar-refractivity contribution in [2.24, 2.45) is 5.73 Å². The van der Waals surface area contributed by atoms with Gasteiger partial charge in [-0.15, -0.1) is 11.8 Å². The number of nitrogens with two attached hydrogens (primary N) is 1. The SMILES string of the molecule is COc1cc(C(C)CN)c(OC)cc1SC. The Bertz CT molecular complexity index is 355. The van der Waals surface area contributed by atoms with E-state index >= 15 is 0 Å². The average Bonchev–Trinajstić information content (AvgIpc) is 2.35. The van der Waals surface area contributed by atoms with Crippen LogP contribution in [0.2, 0.25) is 0 Å². The molecular formula is C12H19NO2S. The van der Waals surface area contributed by atoms with Gasteiger partial charge in [-0.1, -0.05) is 6.92 Å². The van der Waals surface area contributed by atoms with Crippen LogP contribution in [0.4, 0.5) is 0 Å². The molecule has 0 radical (unpaired) electrons. The maximum absolute atomic E-state index is 5.69. The predicted octanol–water partition coefficient (Wildman–Crippen LogP) is 2.49. The van der Waals surface area contributed by atoms with Crippen LogP contribution >= 0.6 is 11.8 Å². The van der Waals surface area contributed by atoms with E-state index in [-0.39, 0.29) is 5.92 Å². The standard InChI is InChI=1S/C12H19NO2S/c1-8(7-13)9-5-11(15-3)12(16-4)6-10(9)14-2/h5-6,8H,7,13H2,1-4H3. The van der Waals surface area contributed by atoms with Crippen LogP contribution in [-0.2, 0) is 0 Å². The van der Waals surface area contributed by atoms with E-state index in [1.165, 1.54) is 0 Å². The minimum absolute atomic E-state index is 0.264. The van der Waals surface area contributed by atoms with E-state index in [9.17, 15) is 0 Å². The average molecular weight is 241 g/mol. The van der Waals surface area contributed by atoms with Gasteiger partial charge in [0.25, 0.3) is 0 Å². The summed E-state index contributed by atoms with van der Waals surface area (Å²) < 4.78 is 10.7. The van der Waals surface area contributed by atoms with Crippen LogP contribution in [0.3, 0.4) is 0 Å². The molecule has 0 heterocycles. The summed E-state index contributed by atoms with van der Waals surface area (Å²) in [6, 6.07) is 4.02. The van der Waals surface area contributed by atoms with Crippen LogP contribution in [0.5, 0.6) is 11.5 Å². The van der Waals surface area contributed by atoms with Gasteiger partial charge in [0.05, 0.1) is 19.1 Å². The lowest BCUT2D eigenvalue weighted by atomic mass is 10.00. The maximum atomic E-state index is 5.69. The first-order chi connectivity index (χ1) is 7.67. The third-order valence-corrected chi connectivity index (χ3v) is 3.38. The highest BCUT2D eigenvalue weighted by molar-refractivity contribution is 7.98. The molecule has 0 spiro atoms. The highest BCUT2D eigenvalue weighted by Crippen LogP contribution is 2.37. The fourth-order valence-electron chi connectivity index (χ4n) is 1.56. The van der Waals surface area contributed by atoms with Crippen molar-refractivity contribution in [3.05, 3.63) is 17.7 Å². The summed E-state index contributed by atoms with van der Waals surface area (Å²) in [7, 11) is 3.36. The van der Waals surface area contributed by atoms with E-state index < -0.39 is 0 Å². The largest absolute Gasteiger partial charge is 0.496 e. The Kier molecular flexibility index (Phi) is 4.96. The molecule has 0 aromatic heterocycles. The van der Waals surface area contributed by atoms with E-state index in [4.69, 9.17) is 15.2 Å². The zero-order valence-electron chi connectivity index (χ0n) is 10.2. The first-order valence-electron chi connectivity index (χ1n) is 5.17. The molecular weight excluding hydrogens is 222 g/mol. The van der Waals surface area contributed by atoms with Crippen LogP contribution in [0.25, 0.3) is 0 Å². The molecule has 1 unspecified atom stereocenters. The van der Waals surface area contributed by atoms with Crippen LogP contribution in [-0.4, -0.2) is 27.0 Å². The molecule has 0 aliphatic carbocycles. The van der Waals surface area contributed by atoms with Gasteiger partial charge >= 0.3 is 0 Å². The normalized spacial score (nSPS) is 12.3. The Morgan fingerprint density at radius 2 is 1.88 bits per heavy atom. The topological polar surface area (TPSA) is 44.5 Å². The van der Waals surface area contributed by atoms with Crippen molar-refractivity contribution in [1.82, 2.24) is 0 Å². The van der Waals surface area contributed by atoms with Gasteiger partial charge in [0, 0.05) is 5.56 Å². The molecule has 0 bridgehead atoms. The maximum Gasteiger partial charge on any atom is 0.132 e. The summed E-state index contributed by atoms with van der Waals surface area (Å²) in [5.41, 5.74) is 6.79. The lowest BCUT2D eigenvalue weighted by molar-refractivity contribution is 0.388. The molecule has 90 valence electrons. The van der Waals surface area contributed by atoms with Gasteiger partial charge in [-0.2, -0.15) is 0 Å². The van der Waals surface area contributed by atoms with Gasteiger partial charge in [-0.05, 0) is 30.9 Å². The van der Waals surface area contributed by atoms with E-state index in [0.717, 1.165) is 22.0 Å². The van der Waals surface area contributed by atoms with E-state index in [2.05, 4.69) is 6.92 Å². The lowest BCUT2D eigenvalue weighted by Gasteiger charge is -2.17. The van der Waals surface area contributed by atoms with Crippen LogP contribution in [0, 0.1) is 0 Å². The van der Waals surface area contributed by atoms with Crippen molar-refractivity contribution >= 4 is 11.8 Å². The monoisotopic (exact) mass is 241 g/mol. The smallest absolute Gasteiger partial charge is 0.132 e. The van der Waals surface area contributed by atoms with Crippen molar-refractivity contribution in [3.8, 4) is 11.5 Å². The van der Waals surface area contributed by atoms with Crippen molar-refractivity contribution in [2.75, 3.05) is 27.0 Å². The molecule has 4 heteroatoms. The summed E-state index contributed by atoms with van der Waals surface area (Å²) in [6.07, 6.45) is 2.02. The summed E-state index contributed by atoms with van der Waals surface area (Å²) in [5.74, 6) is 2.02. The van der Waals surface area contributed by atoms with Gasteiger partial charge in [0.2, 0.25) is 0 Å². The van der Waals surface area contributed by atoms with Gasteiger partial charge in [-0.25, -0.2) is 0 Å². The quantitative estimate of drug-likeness (QED) is 0.804. The molecule has 1 atom stereocenters. The minimum atomic E-state index is 0.264. The fourth-order valence-corrected chi connectivity index (χ4v) is 2.13. The molecule has 0 aliphatic rings. The Labute approximate surface area is 101 Å². The van der Waals surface area contributed by atoms with E-state index in [0.29, 0.717) is 6.54 Å². The molecule has 0 fully saturated rings. The van der Waals surface area contributed by atoms with Gasteiger partial charge in [0.1, 0.15) is 11.5 Å². The second-order valence-electron chi connectivity index (χ2n) is 3.59. The summed E-state index contributed by atoms with van der Waals surface area (Å²) in [5, 5.41) is 0. The lowest BCUT2D eigenvalue weighted by Crippen LogP contribution is -2.10. The van der Waals surface area contributed by atoms with Crippen molar-refractivity contribution in [1.29, 1.82) is 0 Å². The number of ether oxygens (including phenoxy) is 2. The van der Waals surface area contributed by atoms with E-state index in [1.807, 2.05) is 18.4 Å². The number of thioether (sulfide) groups is 1. The molecule has 1 rings (SSSR count). The first-order valence-corrected chi connectivity index (χ1v) is 6.40. The fraction of sp³-hybridized carbons (Fsp3) is 0.500. The molecule has 0 saturated carbocycles. The molecule has 3 nitrogen and oxygen atoms in total. The highest BCUT2D eigenvalue weighted by atomic mass is 32.2. The third kappa shape index (κ3) is 2.62. The second-order valence-corrected chi connectivity index (χ2v) is 4.43. The van der Waals surface area contributed by atoms with Crippen molar-refractivity contribution in [2.45, 2.75) is 17.7 Å². The molecule has 0 aliphatic heterocycles. The molecule has 1 aromatic carbocycles. The molecule has 1 aromatic rings. The van der Waals surface area contributed by atoms with Crippen molar-refractivity contribution in [3.63, 3.8) is 0 Å². The number of methoxy groups -OCH3 is 2. The Morgan fingerprint density at radius 3 is 2.31 bits per heavy atom. The van der Waals surface area contributed by atoms with Crippen LogP contribution in [0.1, 0.15) is 18.4 Å². The van der Waals surface area contributed by atoms with Crippen LogP contribution < -0.4 is 15.2 Å². The summed E-state index contributed by atoms with van der Waals surface area (Å²) >= 11 is 1.64. The number of hydrogen-bond acceptors (Lipinski definition) is 4. The Balaban J connectivity index is 3.25. The third-order valence-electron chi connectivity index (χ3n) is 2.62. The second kappa shape index (κ2) is 6.01. The Hall–Kier alpha value is -0.870. The first kappa shape index (κ1) is 13.2. The summed E-state index contributed by atoms with van der Waals surface area (Å²) in [4.78, 5) is 1.08. The number of benzene rings is 1. The number of rotatable bonds is 5. The van der Waals surface area contributed by atoms with Crippen molar-refractivity contribution < 1.29 is 9.47 Å². The van der Waals surface area contributed by atoms with E-state index in [1.54, 1.807) is 26.0 Å². The predicted molar refractivity (Wildman–Crippen MR) is 68.8 cm³/mol. The highest BCUT2D eigenvalue weighted by Gasteiger charge is 2.14. The van der Waals surface area contributed by atoms with Gasteiger partial charge in [-0.3, -0.25) is 0 Å².